The molecule has 0 fully saturated rings. The van der Waals surface area contributed by atoms with Crippen LogP contribution in [0.1, 0.15) is 47.0 Å². The smallest absolute Gasteiger partial charge is 0.258 e. The van der Waals surface area contributed by atoms with Crippen LogP contribution in [0.25, 0.3) is 22.1 Å². The molecule has 1 N–H and O–H groups in total. The van der Waals surface area contributed by atoms with Gasteiger partial charge in [-0.3, -0.25) is 9.59 Å². The van der Waals surface area contributed by atoms with E-state index in [1.54, 1.807) is 36.2 Å². The second-order valence-corrected chi connectivity index (χ2v) is 8.16. The SMILES string of the molecule is Cc1cc(C(=O)N(C)Cc2nc3ccccc3c(=O)[nH]2)c2nc3n(c2n1)CCCCC3. The van der Waals surface area contributed by atoms with E-state index in [1.807, 2.05) is 13.0 Å². The Balaban J connectivity index is 1.50. The van der Waals surface area contributed by atoms with Gasteiger partial charge >= 0.3 is 0 Å². The molecule has 4 aromatic rings. The van der Waals surface area contributed by atoms with Crippen molar-refractivity contribution < 1.29 is 4.79 Å². The molecule has 0 unspecified atom stereocenters. The maximum Gasteiger partial charge on any atom is 0.258 e. The van der Waals surface area contributed by atoms with Crippen LogP contribution in [0.2, 0.25) is 0 Å². The van der Waals surface area contributed by atoms with E-state index in [4.69, 9.17) is 9.97 Å². The Bertz CT molecular complexity index is 1370. The van der Waals surface area contributed by atoms with Crippen molar-refractivity contribution in [3.05, 3.63) is 63.6 Å². The van der Waals surface area contributed by atoms with Crippen molar-refractivity contribution in [2.24, 2.45) is 0 Å². The maximum absolute atomic E-state index is 13.4. The van der Waals surface area contributed by atoms with Gasteiger partial charge in [0.25, 0.3) is 11.5 Å². The van der Waals surface area contributed by atoms with E-state index in [0.717, 1.165) is 43.0 Å². The number of imidazole rings is 1. The second-order valence-electron chi connectivity index (χ2n) is 8.16. The van der Waals surface area contributed by atoms with Crippen molar-refractivity contribution >= 4 is 28.0 Å². The van der Waals surface area contributed by atoms with Crippen molar-refractivity contribution in [2.75, 3.05) is 7.05 Å². The molecule has 8 nitrogen and oxygen atoms in total. The van der Waals surface area contributed by atoms with Crippen LogP contribution in [0.4, 0.5) is 0 Å². The molecule has 5 rings (SSSR count). The Labute approximate surface area is 179 Å². The lowest BCUT2D eigenvalue weighted by Crippen LogP contribution is -2.28. The normalized spacial score (nSPS) is 13.9. The van der Waals surface area contributed by atoms with Gasteiger partial charge in [0.2, 0.25) is 0 Å². The first-order valence-electron chi connectivity index (χ1n) is 10.6. The molecular weight excluding hydrogens is 392 g/mol. The number of nitrogens with one attached hydrogen (secondary N) is 1. The Hall–Kier alpha value is -3.55. The summed E-state index contributed by atoms with van der Waals surface area (Å²) in [4.78, 5) is 44.1. The molecule has 1 amide bonds. The van der Waals surface area contributed by atoms with Gasteiger partial charge in [0, 0.05) is 25.7 Å². The van der Waals surface area contributed by atoms with E-state index in [0.29, 0.717) is 27.8 Å². The number of para-hydroxylation sites is 1. The number of carbonyl (C=O) groups excluding carboxylic acids is 1. The molecule has 0 bridgehead atoms. The number of H-pyrrole nitrogens is 1. The molecule has 0 atom stereocenters. The Morgan fingerprint density at radius 3 is 2.87 bits per heavy atom. The third kappa shape index (κ3) is 3.48. The predicted molar refractivity (Wildman–Crippen MR) is 118 cm³/mol. The highest BCUT2D eigenvalue weighted by molar-refractivity contribution is 6.04. The highest BCUT2D eigenvalue weighted by Gasteiger charge is 2.23. The molecule has 31 heavy (non-hydrogen) atoms. The fourth-order valence-corrected chi connectivity index (χ4v) is 4.29. The number of pyridine rings is 1. The summed E-state index contributed by atoms with van der Waals surface area (Å²) < 4.78 is 2.16. The van der Waals surface area contributed by atoms with Crippen LogP contribution in [-0.2, 0) is 19.5 Å². The van der Waals surface area contributed by atoms with Crippen LogP contribution in [0.15, 0.2) is 35.1 Å². The molecule has 0 spiro atoms. The lowest BCUT2D eigenvalue weighted by Gasteiger charge is -2.17. The fraction of sp³-hybridized carbons (Fsp3) is 0.348. The van der Waals surface area contributed by atoms with Crippen molar-refractivity contribution in [3.63, 3.8) is 0 Å². The third-order valence-electron chi connectivity index (χ3n) is 5.82. The molecule has 0 radical (unpaired) electrons. The van der Waals surface area contributed by atoms with E-state index in [1.165, 1.54) is 6.42 Å². The number of amides is 1. The first kappa shape index (κ1) is 19.4. The molecule has 1 aromatic carbocycles. The number of benzene rings is 1. The van der Waals surface area contributed by atoms with Gasteiger partial charge in [-0.25, -0.2) is 15.0 Å². The minimum atomic E-state index is -0.207. The number of aromatic amines is 1. The third-order valence-corrected chi connectivity index (χ3v) is 5.82. The first-order valence-corrected chi connectivity index (χ1v) is 10.6. The van der Waals surface area contributed by atoms with Crippen LogP contribution >= 0.6 is 0 Å². The van der Waals surface area contributed by atoms with Crippen molar-refractivity contribution in [2.45, 2.75) is 45.7 Å². The average molecular weight is 416 g/mol. The summed E-state index contributed by atoms with van der Waals surface area (Å²) >= 11 is 0. The Kier molecular flexibility index (Phi) is 4.77. The maximum atomic E-state index is 13.4. The van der Waals surface area contributed by atoms with Crippen molar-refractivity contribution in [1.29, 1.82) is 0 Å². The molecule has 8 heteroatoms. The van der Waals surface area contributed by atoms with E-state index in [-0.39, 0.29) is 18.0 Å². The van der Waals surface area contributed by atoms with Crippen LogP contribution in [-0.4, -0.2) is 42.4 Å². The number of fused-ring (bicyclic) bond motifs is 4. The van der Waals surface area contributed by atoms with Gasteiger partial charge in [-0.1, -0.05) is 18.6 Å². The summed E-state index contributed by atoms with van der Waals surface area (Å²) in [5.74, 6) is 1.28. The largest absolute Gasteiger partial charge is 0.334 e. The Morgan fingerprint density at radius 2 is 2.00 bits per heavy atom. The molecule has 3 aromatic heterocycles. The molecule has 0 saturated heterocycles. The fourth-order valence-electron chi connectivity index (χ4n) is 4.29. The lowest BCUT2D eigenvalue weighted by molar-refractivity contribution is 0.0783. The van der Waals surface area contributed by atoms with E-state index < -0.39 is 0 Å². The second kappa shape index (κ2) is 7.61. The zero-order chi connectivity index (χ0) is 21.5. The molecule has 1 aliphatic rings. The van der Waals surface area contributed by atoms with Gasteiger partial charge in [-0.15, -0.1) is 0 Å². The van der Waals surface area contributed by atoms with Gasteiger partial charge in [0.05, 0.1) is 23.0 Å². The van der Waals surface area contributed by atoms with Gasteiger partial charge in [0.1, 0.15) is 17.2 Å². The minimum Gasteiger partial charge on any atom is -0.334 e. The summed E-state index contributed by atoms with van der Waals surface area (Å²) in [5, 5.41) is 0.534. The minimum absolute atomic E-state index is 0.167. The first-order chi connectivity index (χ1) is 15.0. The molecular formula is C23H24N6O2. The molecule has 0 aliphatic carbocycles. The zero-order valence-corrected chi connectivity index (χ0v) is 17.7. The van der Waals surface area contributed by atoms with E-state index >= 15 is 0 Å². The number of aromatic nitrogens is 5. The number of carbonyl (C=O) groups is 1. The van der Waals surface area contributed by atoms with Gasteiger partial charge in [-0.05, 0) is 38.0 Å². The van der Waals surface area contributed by atoms with Gasteiger partial charge < -0.3 is 14.5 Å². The van der Waals surface area contributed by atoms with Crippen LogP contribution in [0, 0.1) is 6.92 Å². The van der Waals surface area contributed by atoms with Crippen LogP contribution < -0.4 is 5.56 Å². The molecule has 158 valence electrons. The van der Waals surface area contributed by atoms with Crippen molar-refractivity contribution in [3.8, 4) is 0 Å². The predicted octanol–water partition coefficient (Wildman–Crippen LogP) is 2.97. The monoisotopic (exact) mass is 416 g/mol. The molecule has 4 heterocycles. The van der Waals surface area contributed by atoms with Crippen LogP contribution in [0.5, 0.6) is 0 Å². The highest BCUT2D eigenvalue weighted by Crippen LogP contribution is 2.25. The average Bonchev–Trinajstić information content (AvgIpc) is 2.93. The summed E-state index contributed by atoms with van der Waals surface area (Å²) in [6.07, 6.45) is 4.29. The number of rotatable bonds is 3. The lowest BCUT2D eigenvalue weighted by atomic mass is 10.1. The molecule has 0 saturated carbocycles. The summed E-state index contributed by atoms with van der Waals surface area (Å²) in [6, 6.07) is 8.97. The van der Waals surface area contributed by atoms with Crippen LogP contribution in [0.3, 0.4) is 0 Å². The van der Waals surface area contributed by atoms with E-state index in [9.17, 15) is 9.59 Å². The number of aryl methyl sites for hydroxylation is 3. The van der Waals surface area contributed by atoms with Gasteiger partial charge in [0.15, 0.2) is 5.65 Å². The summed E-state index contributed by atoms with van der Waals surface area (Å²) in [5.41, 5.74) is 3.16. The summed E-state index contributed by atoms with van der Waals surface area (Å²) in [6.45, 7) is 2.97. The topological polar surface area (TPSA) is 96.8 Å². The summed E-state index contributed by atoms with van der Waals surface area (Å²) in [7, 11) is 1.71. The number of hydrogen-bond donors (Lipinski definition) is 1. The number of hydrogen-bond acceptors (Lipinski definition) is 5. The Morgan fingerprint density at radius 1 is 1.16 bits per heavy atom. The zero-order valence-electron chi connectivity index (χ0n) is 17.7. The number of nitrogens with zero attached hydrogens (tertiary/aromatic N) is 5. The molecule has 1 aliphatic heterocycles. The van der Waals surface area contributed by atoms with Gasteiger partial charge in [-0.2, -0.15) is 0 Å². The van der Waals surface area contributed by atoms with E-state index in [2.05, 4.69) is 14.5 Å². The van der Waals surface area contributed by atoms with Crippen molar-refractivity contribution in [1.82, 2.24) is 29.4 Å². The standard InChI is InChI=1S/C23H24N6O2/c1-14-12-16(20-21(24-14)29-11-7-3-4-10-19(29)27-20)23(31)28(2)13-18-25-17-9-6-5-8-15(17)22(30)26-18/h5-6,8-9,12H,3-4,7,10-11,13H2,1-2H3,(H,25,26,30). The highest BCUT2D eigenvalue weighted by atomic mass is 16.2. The quantitative estimate of drug-likeness (QED) is 0.554.